The van der Waals surface area contributed by atoms with E-state index < -0.39 is 0 Å². The number of hydrogen-bond acceptors (Lipinski definition) is 0. The van der Waals surface area contributed by atoms with Crippen LogP contribution in [0, 0.1) is 5.92 Å². The van der Waals surface area contributed by atoms with E-state index in [1.54, 1.807) is 0 Å². The third kappa shape index (κ3) is 3.25. The molecule has 0 N–H and O–H groups in total. The average Bonchev–Trinajstić information content (AvgIpc) is 2.67. The molecule has 2 unspecified atom stereocenters. The molecule has 94 valence electrons. The van der Waals surface area contributed by atoms with E-state index in [1.165, 1.54) is 56.1 Å². The molecular weight excluding hydrogens is 228 g/mol. The predicted octanol–water partition coefficient (Wildman–Crippen LogP) is 5.50. The van der Waals surface area contributed by atoms with Crippen LogP contribution in [0.4, 0.5) is 0 Å². The lowest BCUT2D eigenvalue weighted by Crippen LogP contribution is -2.02. The molecule has 2 rings (SSSR count). The second kappa shape index (κ2) is 6.44. The van der Waals surface area contributed by atoms with E-state index in [2.05, 4.69) is 31.2 Å². The minimum absolute atomic E-state index is 0.261. The summed E-state index contributed by atoms with van der Waals surface area (Å²) < 4.78 is 0. The number of rotatable bonds is 6. The highest BCUT2D eigenvalue weighted by Gasteiger charge is 2.29. The first kappa shape index (κ1) is 13.0. The Bertz CT molecular complexity index is 345. The van der Waals surface area contributed by atoms with Crippen LogP contribution in [0.15, 0.2) is 24.3 Å². The highest BCUT2D eigenvalue weighted by molar-refractivity contribution is 6.21. The van der Waals surface area contributed by atoms with Crippen LogP contribution in [0.3, 0.4) is 0 Å². The summed E-state index contributed by atoms with van der Waals surface area (Å²) in [5.74, 6) is 0.677. The molecule has 1 aliphatic carbocycles. The van der Waals surface area contributed by atoms with Gasteiger partial charge in [0.15, 0.2) is 0 Å². The maximum Gasteiger partial charge on any atom is 0.0619 e. The van der Waals surface area contributed by atoms with Gasteiger partial charge in [0.25, 0.3) is 0 Å². The van der Waals surface area contributed by atoms with Crippen molar-refractivity contribution in [2.24, 2.45) is 5.92 Å². The third-order valence-corrected chi connectivity index (χ3v) is 4.52. The summed E-state index contributed by atoms with van der Waals surface area (Å²) in [5.41, 5.74) is 2.86. The molecule has 2 atom stereocenters. The Morgan fingerprint density at radius 1 is 1.12 bits per heavy atom. The minimum Gasteiger partial charge on any atom is -0.117 e. The first-order chi connectivity index (χ1) is 8.33. The van der Waals surface area contributed by atoms with Crippen LogP contribution >= 0.6 is 11.6 Å². The van der Waals surface area contributed by atoms with Gasteiger partial charge in [-0.25, -0.2) is 0 Å². The Labute approximate surface area is 110 Å². The van der Waals surface area contributed by atoms with Crippen LogP contribution in [-0.4, -0.2) is 0 Å². The Kier molecular flexibility index (Phi) is 4.91. The smallest absolute Gasteiger partial charge is 0.0619 e. The van der Waals surface area contributed by atoms with Gasteiger partial charge in [-0.1, -0.05) is 63.3 Å². The van der Waals surface area contributed by atoms with Crippen molar-refractivity contribution < 1.29 is 0 Å². The van der Waals surface area contributed by atoms with Gasteiger partial charge < -0.3 is 0 Å². The van der Waals surface area contributed by atoms with E-state index in [-0.39, 0.29) is 5.38 Å². The van der Waals surface area contributed by atoms with Gasteiger partial charge in [0.1, 0.15) is 0 Å². The lowest BCUT2D eigenvalue weighted by Gasteiger charge is -2.13. The standard InChI is InChI=1S/C16H23Cl/c1-2-3-4-5-6-10-14-12-13-9-7-8-11-15(13)16(14)17/h7-9,11,14,16H,2-6,10,12H2,1H3. The number of halogens is 1. The summed E-state index contributed by atoms with van der Waals surface area (Å²) in [7, 11) is 0. The fourth-order valence-corrected chi connectivity index (χ4v) is 3.32. The summed E-state index contributed by atoms with van der Waals surface area (Å²) in [6, 6.07) is 8.68. The quantitative estimate of drug-likeness (QED) is 0.462. The van der Waals surface area contributed by atoms with Gasteiger partial charge in [-0.15, -0.1) is 11.6 Å². The first-order valence-electron chi connectivity index (χ1n) is 7.04. The summed E-state index contributed by atoms with van der Waals surface area (Å²) in [4.78, 5) is 0. The van der Waals surface area contributed by atoms with Crippen LogP contribution in [0.5, 0.6) is 0 Å². The lowest BCUT2D eigenvalue weighted by atomic mass is 9.97. The zero-order valence-electron chi connectivity index (χ0n) is 10.8. The van der Waals surface area contributed by atoms with Gasteiger partial charge >= 0.3 is 0 Å². The average molecular weight is 251 g/mol. The lowest BCUT2D eigenvalue weighted by molar-refractivity contribution is 0.462. The van der Waals surface area contributed by atoms with Crippen LogP contribution < -0.4 is 0 Å². The molecule has 0 saturated carbocycles. The van der Waals surface area contributed by atoms with Crippen molar-refractivity contribution in [3.05, 3.63) is 35.4 Å². The maximum atomic E-state index is 6.55. The first-order valence-corrected chi connectivity index (χ1v) is 7.48. The topological polar surface area (TPSA) is 0 Å². The van der Waals surface area contributed by atoms with Crippen LogP contribution in [0.25, 0.3) is 0 Å². The second-order valence-electron chi connectivity index (χ2n) is 5.27. The van der Waals surface area contributed by atoms with Crippen molar-refractivity contribution in [1.29, 1.82) is 0 Å². The molecule has 1 aliphatic rings. The van der Waals surface area contributed by atoms with Crippen molar-refractivity contribution in [2.75, 3.05) is 0 Å². The molecule has 1 aromatic carbocycles. The van der Waals surface area contributed by atoms with Crippen molar-refractivity contribution in [1.82, 2.24) is 0 Å². The summed E-state index contributed by atoms with van der Waals surface area (Å²) in [6.07, 6.45) is 9.32. The molecule has 0 saturated heterocycles. The summed E-state index contributed by atoms with van der Waals surface area (Å²) in [6.45, 7) is 2.27. The van der Waals surface area contributed by atoms with Crippen molar-refractivity contribution in [3.63, 3.8) is 0 Å². The molecule has 0 amide bonds. The van der Waals surface area contributed by atoms with E-state index in [0.717, 1.165) is 0 Å². The minimum atomic E-state index is 0.261. The van der Waals surface area contributed by atoms with Gasteiger partial charge in [0.2, 0.25) is 0 Å². The van der Waals surface area contributed by atoms with E-state index in [9.17, 15) is 0 Å². The van der Waals surface area contributed by atoms with Gasteiger partial charge in [-0.05, 0) is 29.9 Å². The van der Waals surface area contributed by atoms with E-state index >= 15 is 0 Å². The molecule has 0 fully saturated rings. The largest absolute Gasteiger partial charge is 0.117 e. The van der Waals surface area contributed by atoms with Crippen LogP contribution in [0.1, 0.15) is 62.0 Å². The van der Waals surface area contributed by atoms with Crippen molar-refractivity contribution in [3.8, 4) is 0 Å². The molecule has 0 nitrogen and oxygen atoms in total. The van der Waals surface area contributed by atoms with Gasteiger partial charge in [-0.2, -0.15) is 0 Å². The van der Waals surface area contributed by atoms with E-state index in [1.807, 2.05) is 0 Å². The Hall–Kier alpha value is -0.490. The van der Waals surface area contributed by atoms with Crippen LogP contribution in [-0.2, 0) is 6.42 Å². The molecule has 0 radical (unpaired) electrons. The molecule has 0 aromatic heterocycles. The number of hydrogen-bond donors (Lipinski definition) is 0. The normalized spacial score (nSPS) is 22.7. The highest BCUT2D eigenvalue weighted by Crippen LogP contribution is 2.42. The summed E-state index contributed by atoms with van der Waals surface area (Å²) >= 11 is 6.55. The Morgan fingerprint density at radius 2 is 1.88 bits per heavy atom. The fraction of sp³-hybridized carbons (Fsp3) is 0.625. The number of unbranched alkanes of at least 4 members (excludes halogenated alkanes) is 4. The number of benzene rings is 1. The number of fused-ring (bicyclic) bond motifs is 1. The molecule has 1 aromatic rings. The van der Waals surface area contributed by atoms with E-state index in [0.29, 0.717) is 5.92 Å². The Balaban J connectivity index is 1.78. The molecule has 0 spiro atoms. The van der Waals surface area contributed by atoms with Crippen molar-refractivity contribution >= 4 is 11.6 Å². The molecule has 0 bridgehead atoms. The van der Waals surface area contributed by atoms with E-state index in [4.69, 9.17) is 11.6 Å². The molecule has 0 heterocycles. The predicted molar refractivity (Wildman–Crippen MR) is 75.6 cm³/mol. The maximum absolute atomic E-state index is 6.55. The third-order valence-electron chi connectivity index (χ3n) is 3.93. The second-order valence-corrected chi connectivity index (χ2v) is 5.74. The zero-order valence-corrected chi connectivity index (χ0v) is 11.5. The SMILES string of the molecule is CCCCCCCC1Cc2ccccc2C1Cl. The van der Waals surface area contributed by atoms with Gasteiger partial charge in [0, 0.05) is 0 Å². The van der Waals surface area contributed by atoms with Gasteiger partial charge in [-0.3, -0.25) is 0 Å². The molecule has 17 heavy (non-hydrogen) atoms. The number of alkyl halides is 1. The monoisotopic (exact) mass is 250 g/mol. The van der Waals surface area contributed by atoms with Crippen LogP contribution in [0.2, 0.25) is 0 Å². The summed E-state index contributed by atoms with van der Waals surface area (Å²) in [5, 5.41) is 0.261. The molecule has 1 heteroatoms. The molecular formula is C16H23Cl. The van der Waals surface area contributed by atoms with Crippen molar-refractivity contribution in [2.45, 2.75) is 57.2 Å². The Morgan fingerprint density at radius 3 is 2.65 bits per heavy atom. The zero-order chi connectivity index (χ0) is 12.1. The fourth-order valence-electron chi connectivity index (χ4n) is 2.89. The molecule has 0 aliphatic heterocycles. The highest BCUT2D eigenvalue weighted by atomic mass is 35.5. The van der Waals surface area contributed by atoms with Gasteiger partial charge in [0.05, 0.1) is 5.38 Å².